The normalized spacial score (nSPS) is 18.4. The van der Waals surface area contributed by atoms with Crippen molar-refractivity contribution in [3.8, 4) is 0 Å². The number of aryl methyl sites for hydroxylation is 1. The molecule has 0 N–H and O–H groups in total. The zero-order valence-electron chi connectivity index (χ0n) is 8.57. The summed E-state index contributed by atoms with van der Waals surface area (Å²) in [5, 5.41) is 0. The minimum Gasteiger partial charge on any atom is -0.331 e. The van der Waals surface area contributed by atoms with Gasteiger partial charge in [0.05, 0.1) is 12.5 Å². The first-order valence-corrected chi connectivity index (χ1v) is 5.29. The predicted octanol–water partition coefficient (Wildman–Crippen LogP) is 2.18. The molecule has 0 atom stereocenters. The summed E-state index contributed by atoms with van der Waals surface area (Å²) in [6.45, 7) is 0. The summed E-state index contributed by atoms with van der Waals surface area (Å²) >= 11 is 0. The quantitative estimate of drug-likeness (QED) is 0.673. The minimum atomic E-state index is 0.249. The number of imidazole rings is 1. The lowest BCUT2D eigenvalue weighted by Gasteiger charge is -2.19. The van der Waals surface area contributed by atoms with Gasteiger partial charge in [0.1, 0.15) is 5.69 Å². The number of Topliss-reactive ketones (excluding diaryl/α,β-unsaturated/α-hetero) is 1. The molecule has 0 saturated heterocycles. The molecule has 1 saturated carbocycles. The summed E-state index contributed by atoms with van der Waals surface area (Å²) in [5.74, 6) is 0.531. The summed E-state index contributed by atoms with van der Waals surface area (Å²) < 4.78 is 1.82. The summed E-state index contributed by atoms with van der Waals surface area (Å²) in [5.41, 5.74) is 0.761. The van der Waals surface area contributed by atoms with E-state index in [1.807, 2.05) is 11.6 Å². The standard InChI is InChI=1S/C11H16N2O/c1-13-8-12-7-10(13)11(14)9-5-3-2-4-6-9/h7-9H,2-6H2,1H3. The van der Waals surface area contributed by atoms with Gasteiger partial charge in [0.2, 0.25) is 0 Å². The molecule has 0 radical (unpaired) electrons. The first-order chi connectivity index (χ1) is 6.79. The molecule has 14 heavy (non-hydrogen) atoms. The van der Waals surface area contributed by atoms with Crippen molar-refractivity contribution in [2.24, 2.45) is 13.0 Å². The van der Waals surface area contributed by atoms with Gasteiger partial charge in [-0.05, 0) is 12.8 Å². The van der Waals surface area contributed by atoms with Crippen LogP contribution in [0.4, 0.5) is 0 Å². The average Bonchev–Trinajstić information content (AvgIpc) is 2.65. The van der Waals surface area contributed by atoms with E-state index in [4.69, 9.17) is 0 Å². The van der Waals surface area contributed by atoms with E-state index >= 15 is 0 Å². The molecule has 0 aliphatic heterocycles. The minimum absolute atomic E-state index is 0.249. The fraction of sp³-hybridized carbons (Fsp3) is 0.636. The molecule has 76 valence electrons. The van der Waals surface area contributed by atoms with Crippen molar-refractivity contribution in [1.82, 2.24) is 9.55 Å². The Morgan fingerprint density at radius 2 is 2.14 bits per heavy atom. The molecular formula is C11H16N2O. The number of rotatable bonds is 2. The molecule has 1 aliphatic carbocycles. The first kappa shape index (κ1) is 9.44. The smallest absolute Gasteiger partial charge is 0.183 e. The first-order valence-electron chi connectivity index (χ1n) is 5.29. The van der Waals surface area contributed by atoms with Gasteiger partial charge in [0.25, 0.3) is 0 Å². The number of nitrogens with zero attached hydrogens (tertiary/aromatic N) is 2. The van der Waals surface area contributed by atoms with Crippen LogP contribution in [0.3, 0.4) is 0 Å². The maximum Gasteiger partial charge on any atom is 0.183 e. The third-order valence-corrected chi connectivity index (χ3v) is 3.05. The van der Waals surface area contributed by atoms with Crippen LogP contribution in [-0.4, -0.2) is 15.3 Å². The fourth-order valence-corrected chi connectivity index (χ4v) is 2.17. The van der Waals surface area contributed by atoms with E-state index in [0.29, 0.717) is 0 Å². The van der Waals surface area contributed by atoms with Gasteiger partial charge >= 0.3 is 0 Å². The number of hydrogen-bond donors (Lipinski definition) is 0. The maximum absolute atomic E-state index is 12.0. The van der Waals surface area contributed by atoms with Crippen molar-refractivity contribution in [2.45, 2.75) is 32.1 Å². The van der Waals surface area contributed by atoms with Gasteiger partial charge in [-0.1, -0.05) is 19.3 Å². The predicted molar refractivity (Wildman–Crippen MR) is 54.1 cm³/mol. The van der Waals surface area contributed by atoms with Crippen molar-refractivity contribution in [3.63, 3.8) is 0 Å². The van der Waals surface area contributed by atoms with Gasteiger partial charge in [-0.3, -0.25) is 4.79 Å². The second kappa shape index (κ2) is 3.95. The molecule has 0 amide bonds. The lowest BCUT2D eigenvalue weighted by Crippen LogP contribution is -2.19. The van der Waals surface area contributed by atoms with Gasteiger partial charge in [-0.2, -0.15) is 0 Å². The van der Waals surface area contributed by atoms with Crippen LogP contribution in [-0.2, 0) is 7.05 Å². The molecule has 1 heterocycles. The van der Waals surface area contributed by atoms with Crippen LogP contribution in [0.25, 0.3) is 0 Å². The summed E-state index contributed by atoms with van der Waals surface area (Å²) in [6.07, 6.45) is 9.18. The van der Waals surface area contributed by atoms with Crippen LogP contribution in [0.15, 0.2) is 12.5 Å². The van der Waals surface area contributed by atoms with Crippen molar-refractivity contribution < 1.29 is 4.79 Å². The molecule has 0 bridgehead atoms. The van der Waals surface area contributed by atoms with E-state index in [1.165, 1.54) is 19.3 Å². The topological polar surface area (TPSA) is 34.9 Å². The Morgan fingerprint density at radius 1 is 1.43 bits per heavy atom. The molecule has 1 aromatic rings. The Bertz CT molecular complexity index is 324. The van der Waals surface area contributed by atoms with Gasteiger partial charge in [-0.25, -0.2) is 4.98 Å². The second-order valence-corrected chi connectivity index (χ2v) is 4.09. The SMILES string of the molecule is Cn1cncc1C(=O)C1CCCCC1. The highest BCUT2D eigenvalue weighted by Gasteiger charge is 2.23. The van der Waals surface area contributed by atoms with Gasteiger partial charge in [0.15, 0.2) is 5.78 Å². The molecule has 3 heteroatoms. The number of carbonyl (C=O) groups is 1. The van der Waals surface area contributed by atoms with E-state index in [0.717, 1.165) is 18.5 Å². The summed E-state index contributed by atoms with van der Waals surface area (Å²) in [6, 6.07) is 0. The monoisotopic (exact) mass is 192 g/mol. The van der Waals surface area contributed by atoms with Crippen LogP contribution in [0.2, 0.25) is 0 Å². The number of carbonyl (C=O) groups excluding carboxylic acids is 1. The van der Waals surface area contributed by atoms with Gasteiger partial charge in [-0.15, -0.1) is 0 Å². The van der Waals surface area contributed by atoms with E-state index < -0.39 is 0 Å². The van der Waals surface area contributed by atoms with Crippen LogP contribution in [0, 0.1) is 5.92 Å². The van der Waals surface area contributed by atoms with E-state index in [-0.39, 0.29) is 11.7 Å². The molecule has 0 spiro atoms. The Morgan fingerprint density at radius 3 is 2.71 bits per heavy atom. The fourth-order valence-electron chi connectivity index (χ4n) is 2.17. The van der Waals surface area contributed by atoms with E-state index in [2.05, 4.69) is 4.98 Å². The van der Waals surface area contributed by atoms with Crippen molar-refractivity contribution in [3.05, 3.63) is 18.2 Å². The van der Waals surface area contributed by atoms with Crippen LogP contribution in [0.5, 0.6) is 0 Å². The zero-order chi connectivity index (χ0) is 9.97. The number of hydrogen-bond acceptors (Lipinski definition) is 2. The van der Waals surface area contributed by atoms with Crippen LogP contribution in [0.1, 0.15) is 42.6 Å². The third kappa shape index (κ3) is 1.72. The molecule has 1 fully saturated rings. The highest BCUT2D eigenvalue weighted by molar-refractivity contribution is 5.96. The Labute approximate surface area is 84.1 Å². The van der Waals surface area contributed by atoms with Crippen molar-refractivity contribution in [1.29, 1.82) is 0 Å². The average molecular weight is 192 g/mol. The molecule has 2 rings (SSSR count). The molecule has 1 aromatic heterocycles. The number of ketones is 1. The van der Waals surface area contributed by atoms with Crippen LogP contribution >= 0.6 is 0 Å². The zero-order valence-corrected chi connectivity index (χ0v) is 8.57. The highest BCUT2D eigenvalue weighted by Crippen LogP contribution is 2.26. The Hall–Kier alpha value is -1.12. The van der Waals surface area contributed by atoms with Gasteiger partial charge < -0.3 is 4.57 Å². The molecule has 0 aromatic carbocycles. The highest BCUT2D eigenvalue weighted by atomic mass is 16.1. The lowest BCUT2D eigenvalue weighted by atomic mass is 9.85. The molecule has 0 unspecified atom stereocenters. The van der Waals surface area contributed by atoms with E-state index in [9.17, 15) is 4.79 Å². The van der Waals surface area contributed by atoms with Gasteiger partial charge in [0, 0.05) is 13.0 Å². The number of aromatic nitrogens is 2. The summed E-state index contributed by atoms with van der Waals surface area (Å²) in [4.78, 5) is 16.0. The Kier molecular flexibility index (Phi) is 2.66. The van der Waals surface area contributed by atoms with Crippen molar-refractivity contribution in [2.75, 3.05) is 0 Å². The molecule has 1 aliphatic rings. The Balaban J connectivity index is 2.11. The van der Waals surface area contributed by atoms with Crippen LogP contribution < -0.4 is 0 Å². The molecular weight excluding hydrogens is 176 g/mol. The van der Waals surface area contributed by atoms with Crippen molar-refractivity contribution >= 4 is 5.78 Å². The summed E-state index contributed by atoms with van der Waals surface area (Å²) in [7, 11) is 1.88. The largest absolute Gasteiger partial charge is 0.331 e. The molecule has 3 nitrogen and oxygen atoms in total. The second-order valence-electron chi connectivity index (χ2n) is 4.09. The maximum atomic E-state index is 12.0. The lowest BCUT2D eigenvalue weighted by molar-refractivity contribution is 0.0881. The van der Waals surface area contributed by atoms with E-state index in [1.54, 1.807) is 12.5 Å². The third-order valence-electron chi connectivity index (χ3n) is 3.05.